The molecule has 1 saturated heterocycles. The van der Waals surface area contributed by atoms with Gasteiger partial charge in [0, 0.05) is 32.1 Å². The molecule has 0 radical (unpaired) electrons. The van der Waals surface area contributed by atoms with Crippen molar-refractivity contribution in [2.45, 2.75) is 45.1 Å². The highest BCUT2D eigenvalue weighted by Crippen LogP contribution is 2.40. The Hall–Kier alpha value is -3.54. The first-order valence-corrected chi connectivity index (χ1v) is 10.9. The standard InChI is InChI=1S/C23H26N6O3/c1-23(2,3)29-18(13-16(26-29)15-6-7-15)21(30)27-8-10-28(11-9-27)22-17(14-24)25-20(32-22)19-5-4-12-31-19/h4-5,12-13,15H,6-11H2,1-3H3. The number of amides is 1. The zero-order valence-corrected chi connectivity index (χ0v) is 18.5. The lowest BCUT2D eigenvalue weighted by molar-refractivity contribution is 0.0724. The number of oxazole rings is 1. The maximum absolute atomic E-state index is 13.4. The summed E-state index contributed by atoms with van der Waals surface area (Å²) in [4.78, 5) is 21.5. The molecule has 0 atom stereocenters. The van der Waals surface area contributed by atoms with E-state index in [9.17, 15) is 10.1 Å². The molecule has 166 valence electrons. The Morgan fingerprint density at radius 3 is 2.56 bits per heavy atom. The lowest BCUT2D eigenvalue weighted by Crippen LogP contribution is -2.49. The van der Waals surface area contributed by atoms with Crippen molar-refractivity contribution in [1.82, 2.24) is 19.7 Å². The van der Waals surface area contributed by atoms with Gasteiger partial charge in [0.05, 0.1) is 17.5 Å². The molecule has 0 spiro atoms. The van der Waals surface area contributed by atoms with Crippen LogP contribution in [0.4, 0.5) is 5.88 Å². The first kappa shape index (κ1) is 20.4. The highest BCUT2D eigenvalue weighted by atomic mass is 16.4. The summed E-state index contributed by atoms with van der Waals surface area (Å²) >= 11 is 0. The molecule has 0 N–H and O–H groups in total. The largest absolute Gasteiger partial charge is 0.459 e. The first-order chi connectivity index (χ1) is 15.3. The molecule has 32 heavy (non-hydrogen) atoms. The minimum atomic E-state index is -0.274. The van der Waals surface area contributed by atoms with E-state index >= 15 is 0 Å². The first-order valence-electron chi connectivity index (χ1n) is 10.9. The summed E-state index contributed by atoms with van der Waals surface area (Å²) in [6.07, 6.45) is 3.82. The van der Waals surface area contributed by atoms with Gasteiger partial charge in [-0.15, -0.1) is 0 Å². The van der Waals surface area contributed by atoms with Crippen LogP contribution in [-0.2, 0) is 5.54 Å². The van der Waals surface area contributed by atoms with Gasteiger partial charge in [-0.25, -0.2) is 0 Å². The van der Waals surface area contributed by atoms with Crippen LogP contribution in [0, 0.1) is 11.3 Å². The third-order valence-corrected chi connectivity index (χ3v) is 5.88. The van der Waals surface area contributed by atoms with Crippen molar-refractivity contribution in [3.8, 4) is 17.7 Å². The number of hydrogen-bond acceptors (Lipinski definition) is 7. The highest BCUT2D eigenvalue weighted by Gasteiger charge is 2.34. The Balaban J connectivity index is 1.33. The van der Waals surface area contributed by atoms with Crippen molar-refractivity contribution in [1.29, 1.82) is 5.26 Å². The summed E-state index contributed by atoms with van der Waals surface area (Å²) in [5.74, 6) is 1.65. The molecule has 3 aromatic rings. The highest BCUT2D eigenvalue weighted by molar-refractivity contribution is 5.93. The van der Waals surface area contributed by atoms with Gasteiger partial charge in [0.1, 0.15) is 11.8 Å². The van der Waals surface area contributed by atoms with E-state index in [-0.39, 0.29) is 23.0 Å². The van der Waals surface area contributed by atoms with Crippen molar-refractivity contribution in [3.63, 3.8) is 0 Å². The van der Waals surface area contributed by atoms with Crippen LogP contribution in [0.3, 0.4) is 0 Å². The van der Waals surface area contributed by atoms with Gasteiger partial charge >= 0.3 is 0 Å². The molecule has 0 bridgehead atoms. The van der Waals surface area contributed by atoms with Crippen LogP contribution < -0.4 is 4.90 Å². The number of carbonyl (C=O) groups excluding carboxylic acids is 1. The Morgan fingerprint density at radius 2 is 1.97 bits per heavy atom. The molecule has 1 amide bonds. The predicted molar refractivity (Wildman–Crippen MR) is 116 cm³/mol. The fourth-order valence-corrected chi connectivity index (χ4v) is 4.02. The number of rotatable bonds is 4. The van der Waals surface area contributed by atoms with Gasteiger partial charge in [0.15, 0.2) is 5.76 Å². The summed E-state index contributed by atoms with van der Waals surface area (Å²) in [7, 11) is 0. The Morgan fingerprint density at radius 1 is 1.22 bits per heavy atom. The number of carbonyl (C=O) groups is 1. The topological polar surface area (TPSA) is 104 Å². The number of furan rings is 1. The normalized spacial score (nSPS) is 16.9. The van der Waals surface area contributed by atoms with Crippen LogP contribution >= 0.6 is 0 Å². The fraction of sp³-hybridized carbons (Fsp3) is 0.478. The number of nitriles is 1. The van der Waals surface area contributed by atoms with Crippen molar-refractivity contribution in [3.05, 3.63) is 41.5 Å². The van der Waals surface area contributed by atoms with Gasteiger partial charge in [-0.1, -0.05) is 0 Å². The summed E-state index contributed by atoms with van der Waals surface area (Å²) in [5, 5.41) is 14.3. The maximum Gasteiger partial charge on any atom is 0.272 e. The average Bonchev–Trinajstić information content (AvgIpc) is 3.20. The molecule has 0 aromatic carbocycles. The second kappa shape index (κ2) is 7.55. The molecule has 4 heterocycles. The summed E-state index contributed by atoms with van der Waals surface area (Å²) in [6.45, 7) is 8.34. The van der Waals surface area contributed by atoms with E-state index in [1.165, 1.54) is 6.26 Å². The van der Waals surface area contributed by atoms with Crippen LogP contribution in [-0.4, -0.2) is 51.8 Å². The van der Waals surface area contributed by atoms with Gasteiger partial charge in [0.25, 0.3) is 11.8 Å². The van der Waals surface area contributed by atoms with E-state index in [1.807, 2.05) is 20.5 Å². The van der Waals surface area contributed by atoms with E-state index in [4.69, 9.17) is 13.9 Å². The zero-order valence-electron chi connectivity index (χ0n) is 18.5. The van der Waals surface area contributed by atoms with Gasteiger partial charge in [-0.3, -0.25) is 9.48 Å². The monoisotopic (exact) mass is 434 g/mol. The van der Waals surface area contributed by atoms with Crippen LogP contribution in [0.25, 0.3) is 11.7 Å². The van der Waals surface area contributed by atoms with Gasteiger partial charge in [-0.05, 0) is 51.8 Å². The Labute approximate surface area is 186 Å². The minimum absolute atomic E-state index is 0.00618. The Kier molecular flexibility index (Phi) is 4.81. The minimum Gasteiger partial charge on any atom is -0.459 e. The SMILES string of the molecule is CC(C)(C)n1nc(C2CC2)cc1C(=O)N1CCN(c2oc(-c3ccco3)nc2C#N)CC1. The second-order valence-corrected chi connectivity index (χ2v) is 9.35. The van der Waals surface area contributed by atoms with E-state index in [0.717, 1.165) is 18.5 Å². The molecule has 3 aromatic heterocycles. The number of hydrogen-bond donors (Lipinski definition) is 0. The number of nitrogens with zero attached hydrogens (tertiary/aromatic N) is 6. The van der Waals surface area contributed by atoms with E-state index in [0.29, 0.717) is 49.4 Å². The molecule has 1 aliphatic carbocycles. The van der Waals surface area contributed by atoms with Crippen molar-refractivity contribution < 1.29 is 13.6 Å². The third kappa shape index (κ3) is 3.66. The Bertz CT molecular complexity index is 1170. The van der Waals surface area contributed by atoms with Crippen LogP contribution in [0.2, 0.25) is 0 Å². The maximum atomic E-state index is 13.4. The number of anilines is 1. The smallest absolute Gasteiger partial charge is 0.272 e. The molecule has 0 unspecified atom stereocenters. The summed E-state index contributed by atoms with van der Waals surface area (Å²) < 4.78 is 13.1. The van der Waals surface area contributed by atoms with E-state index in [2.05, 4.69) is 31.8 Å². The summed E-state index contributed by atoms with van der Waals surface area (Å²) in [6, 6.07) is 7.55. The van der Waals surface area contributed by atoms with Gasteiger partial charge in [0.2, 0.25) is 11.6 Å². The lowest BCUT2D eigenvalue weighted by Gasteiger charge is -2.35. The van der Waals surface area contributed by atoms with Gasteiger partial charge < -0.3 is 18.6 Å². The quantitative estimate of drug-likeness (QED) is 0.618. The molecular formula is C23H26N6O3. The van der Waals surface area contributed by atoms with E-state index in [1.54, 1.807) is 12.1 Å². The molecule has 1 aliphatic heterocycles. The van der Waals surface area contributed by atoms with Crippen molar-refractivity contribution >= 4 is 11.8 Å². The van der Waals surface area contributed by atoms with E-state index < -0.39 is 0 Å². The number of aromatic nitrogens is 3. The molecule has 9 heteroatoms. The molecule has 9 nitrogen and oxygen atoms in total. The second-order valence-electron chi connectivity index (χ2n) is 9.35. The van der Waals surface area contributed by atoms with Crippen LogP contribution in [0.5, 0.6) is 0 Å². The molecule has 1 saturated carbocycles. The zero-order chi connectivity index (χ0) is 22.5. The van der Waals surface area contributed by atoms with Crippen LogP contribution in [0.1, 0.15) is 61.4 Å². The molecule has 2 fully saturated rings. The van der Waals surface area contributed by atoms with Crippen molar-refractivity contribution in [2.24, 2.45) is 0 Å². The third-order valence-electron chi connectivity index (χ3n) is 5.88. The van der Waals surface area contributed by atoms with Crippen LogP contribution in [0.15, 0.2) is 33.3 Å². The fourth-order valence-electron chi connectivity index (χ4n) is 4.02. The average molecular weight is 435 g/mol. The molecule has 5 rings (SSSR count). The molecule has 2 aliphatic rings. The lowest BCUT2D eigenvalue weighted by atomic mass is 10.1. The van der Waals surface area contributed by atoms with Crippen molar-refractivity contribution in [2.75, 3.05) is 31.1 Å². The number of piperazine rings is 1. The molecular weight excluding hydrogens is 408 g/mol. The summed E-state index contributed by atoms with van der Waals surface area (Å²) in [5.41, 5.74) is 1.61. The predicted octanol–water partition coefficient (Wildman–Crippen LogP) is 3.60. The van der Waals surface area contributed by atoms with Gasteiger partial charge in [-0.2, -0.15) is 15.3 Å².